The molecule has 0 aliphatic carbocycles. The second-order valence-corrected chi connectivity index (χ2v) is 4.57. The molecule has 0 aromatic heterocycles. The predicted molar refractivity (Wildman–Crippen MR) is 61.7 cm³/mol. The molecular weight excluding hydrogens is 287 g/mol. The van der Waals surface area contributed by atoms with Crippen LogP contribution in [0.15, 0.2) is 21.9 Å². The molecule has 0 saturated heterocycles. The summed E-state index contributed by atoms with van der Waals surface area (Å²) in [6, 6.07) is 3.95. The zero-order valence-corrected chi connectivity index (χ0v) is 10.6. The molecule has 3 nitrogen and oxygen atoms in total. The highest BCUT2D eigenvalue weighted by atomic mass is 32.2. The fourth-order valence-corrected chi connectivity index (χ4v) is 2.11. The van der Waals surface area contributed by atoms with E-state index >= 15 is 0 Å². The zero-order chi connectivity index (χ0) is 13.9. The molecule has 1 aromatic rings. The number of halogens is 3. The van der Waals surface area contributed by atoms with Crippen LogP contribution in [0.5, 0.6) is 0 Å². The van der Waals surface area contributed by atoms with E-state index in [0.29, 0.717) is 0 Å². The van der Waals surface area contributed by atoms with Gasteiger partial charge in [0.05, 0.1) is 18.2 Å². The molecule has 96 valence electrons. The lowest BCUT2D eigenvalue weighted by Gasteiger charge is -2.12. The van der Waals surface area contributed by atoms with Crippen LogP contribution in [-0.4, -0.2) is 18.6 Å². The molecule has 0 heterocycles. The molecule has 0 N–H and O–H groups in total. The van der Waals surface area contributed by atoms with E-state index in [-0.39, 0.29) is 15.4 Å². The van der Waals surface area contributed by atoms with Crippen molar-refractivity contribution in [3.63, 3.8) is 0 Å². The molecule has 0 aliphatic rings. The van der Waals surface area contributed by atoms with Crippen LogP contribution in [0, 0.1) is 11.3 Å². The van der Waals surface area contributed by atoms with Crippen molar-refractivity contribution in [2.24, 2.45) is 0 Å². The number of rotatable bonds is 2. The average molecular weight is 293 g/mol. The smallest absolute Gasteiger partial charge is 0.446 e. The molecule has 1 rings (SSSR count). The Balaban J connectivity index is 3.44. The Morgan fingerprint density at radius 2 is 2.11 bits per heavy atom. The van der Waals surface area contributed by atoms with Gasteiger partial charge < -0.3 is 4.74 Å². The van der Waals surface area contributed by atoms with Crippen molar-refractivity contribution in [3.8, 4) is 6.07 Å². The Labute approximate surface area is 110 Å². The quantitative estimate of drug-likeness (QED) is 0.516. The van der Waals surface area contributed by atoms with E-state index in [2.05, 4.69) is 17.4 Å². The van der Waals surface area contributed by atoms with Gasteiger partial charge in [-0.1, -0.05) is 0 Å². The van der Waals surface area contributed by atoms with Gasteiger partial charge in [0.2, 0.25) is 0 Å². The maximum Gasteiger partial charge on any atom is 0.446 e. The first kappa shape index (κ1) is 14.7. The second-order valence-electron chi connectivity index (χ2n) is 2.98. The maximum atomic E-state index is 12.3. The van der Waals surface area contributed by atoms with Crippen molar-refractivity contribution in [2.45, 2.75) is 15.3 Å². The van der Waals surface area contributed by atoms with Crippen LogP contribution in [0.4, 0.5) is 13.2 Å². The van der Waals surface area contributed by atoms with Gasteiger partial charge in [0.15, 0.2) is 0 Å². The number of alkyl halides is 3. The van der Waals surface area contributed by atoms with Gasteiger partial charge in [-0.3, -0.25) is 0 Å². The van der Waals surface area contributed by atoms with E-state index in [1.807, 2.05) is 0 Å². The summed E-state index contributed by atoms with van der Waals surface area (Å²) in [6.45, 7) is 0. The topological polar surface area (TPSA) is 50.1 Å². The second kappa shape index (κ2) is 5.54. The number of hydrogen-bond acceptors (Lipinski definition) is 5. The van der Waals surface area contributed by atoms with Gasteiger partial charge in [-0.2, -0.15) is 18.4 Å². The molecule has 0 saturated carbocycles. The summed E-state index contributed by atoms with van der Waals surface area (Å²) in [5, 5.41) is 8.87. The van der Waals surface area contributed by atoms with Crippen molar-refractivity contribution in [1.82, 2.24) is 0 Å². The van der Waals surface area contributed by atoms with Crippen LogP contribution in [-0.2, 0) is 4.74 Å². The summed E-state index contributed by atoms with van der Waals surface area (Å²) < 4.78 is 41.4. The molecule has 1 aromatic carbocycles. The molecule has 0 amide bonds. The number of ether oxygens (including phenoxy) is 1. The van der Waals surface area contributed by atoms with Crippen LogP contribution in [0.3, 0.4) is 0 Å². The third-order valence-corrected chi connectivity index (χ3v) is 3.04. The Morgan fingerprint density at radius 3 is 2.56 bits per heavy atom. The molecule has 0 spiro atoms. The Kier molecular flexibility index (Phi) is 4.53. The Hall–Kier alpha value is -1.33. The first-order chi connectivity index (χ1) is 8.30. The van der Waals surface area contributed by atoms with Crippen LogP contribution < -0.4 is 0 Å². The monoisotopic (exact) mass is 293 g/mol. The van der Waals surface area contributed by atoms with Crippen LogP contribution in [0.25, 0.3) is 0 Å². The number of carbonyl (C=O) groups excluding carboxylic acids is 1. The number of thioether (sulfide) groups is 1. The number of methoxy groups -OCH3 is 1. The summed E-state index contributed by atoms with van der Waals surface area (Å²) in [6.07, 6.45) is 0. The van der Waals surface area contributed by atoms with Gasteiger partial charge in [-0.25, -0.2) is 4.79 Å². The Morgan fingerprint density at radius 1 is 1.50 bits per heavy atom. The molecule has 0 atom stereocenters. The third kappa shape index (κ3) is 3.34. The first-order valence-electron chi connectivity index (χ1n) is 4.40. The van der Waals surface area contributed by atoms with E-state index in [1.54, 1.807) is 6.07 Å². The van der Waals surface area contributed by atoms with Crippen molar-refractivity contribution < 1.29 is 22.7 Å². The van der Waals surface area contributed by atoms with E-state index < -0.39 is 28.8 Å². The fourth-order valence-electron chi connectivity index (χ4n) is 1.20. The standard InChI is InChI=1S/C10H6F3NO2S2/c1-16-9(15)8-5(4-14)6(17)2-3-7(8)18-10(11,12)13/h2-3,17H,1H3. The van der Waals surface area contributed by atoms with E-state index in [1.165, 1.54) is 6.07 Å². The molecule has 18 heavy (non-hydrogen) atoms. The first-order valence-corrected chi connectivity index (χ1v) is 5.66. The third-order valence-electron chi connectivity index (χ3n) is 1.87. The Bertz CT molecular complexity index is 523. The minimum Gasteiger partial charge on any atom is -0.465 e. The van der Waals surface area contributed by atoms with Gasteiger partial charge in [-0.05, 0) is 23.9 Å². The largest absolute Gasteiger partial charge is 0.465 e. The summed E-state index contributed by atoms with van der Waals surface area (Å²) in [4.78, 5) is 11.2. The molecule has 0 aliphatic heterocycles. The number of nitriles is 1. The van der Waals surface area contributed by atoms with Crippen molar-refractivity contribution >= 4 is 30.4 Å². The lowest BCUT2D eigenvalue weighted by atomic mass is 10.1. The highest BCUT2D eigenvalue weighted by molar-refractivity contribution is 8.00. The van der Waals surface area contributed by atoms with Gasteiger partial charge in [0.25, 0.3) is 0 Å². The molecule has 0 radical (unpaired) electrons. The highest BCUT2D eigenvalue weighted by Crippen LogP contribution is 2.40. The number of benzene rings is 1. The molecule has 8 heteroatoms. The minimum atomic E-state index is -4.56. The molecule has 0 unspecified atom stereocenters. The molecule has 0 bridgehead atoms. The zero-order valence-electron chi connectivity index (χ0n) is 8.91. The van der Waals surface area contributed by atoms with Gasteiger partial charge >= 0.3 is 11.5 Å². The summed E-state index contributed by atoms with van der Waals surface area (Å²) in [5.41, 5.74) is -5.22. The number of thiol groups is 1. The number of esters is 1. The lowest BCUT2D eigenvalue weighted by Crippen LogP contribution is -2.09. The number of hydrogen-bond donors (Lipinski definition) is 1. The van der Waals surface area contributed by atoms with Crippen LogP contribution >= 0.6 is 24.4 Å². The fraction of sp³-hybridized carbons (Fsp3) is 0.200. The van der Waals surface area contributed by atoms with Gasteiger partial charge in [0.1, 0.15) is 6.07 Å². The van der Waals surface area contributed by atoms with Crippen LogP contribution in [0.2, 0.25) is 0 Å². The van der Waals surface area contributed by atoms with Crippen molar-refractivity contribution in [1.29, 1.82) is 5.26 Å². The highest BCUT2D eigenvalue weighted by Gasteiger charge is 2.33. The maximum absolute atomic E-state index is 12.3. The van der Waals surface area contributed by atoms with E-state index in [0.717, 1.165) is 13.2 Å². The van der Waals surface area contributed by atoms with Crippen molar-refractivity contribution in [2.75, 3.05) is 7.11 Å². The number of nitrogens with zero attached hydrogens (tertiary/aromatic N) is 1. The van der Waals surface area contributed by atoms with Crippen LogP contribution in [0.1, 0.15) is 15.9 Å². The van der Waals surface area contributed by atoms with Crippen molar-refractivity contribution in [3.05, 3.63) is 23.3 Å². The summed E-state index contributed by atoms with van der Waals surface area (Å²) in [5.74, 6) is -1.01. The average Bonchev–Trinajstić information content (AvgIpc) is 2.28. The minimum absolute atomic E-state index is 0.115. The predicted octanol–water partition coefficient (Wildman–Crippen LogP) is 3.25. The van der Waals surface area contributed by atoms with Gasteiger partial charge in [-0.15, -0.1) is 12.6 Å². The normalized spacial score (nSPS) is 10.9. The van der Waals surface area contributed by atoms with E-state index in [4.69, 9.17) is 5.26 Å². The van der Waals surface area contributed by atoms with E-state index in [9.17, 15) is 18.0 Å². The molecule has 0 fully saturated rings. The molecular formula is C10H6F3NO2S2. The summed E-state index contributed by atoms with van der Waals surface area (Å²) >= 11 is 3.44. The summed E-state index contributed by atoms with van der Waals surface area (Å²) in [7, 11) is 1.02. The van der Waals surface area contributed by atoms with Gasteiger partial charge in [0, 0.05) is 9.79 Å². The lowest BCUT2D eigenvalue weighted by molar-refractivity contribution is -0.0328. The SMILES string of the molecule is COC(=O)c1c(SC(F)(F)F)ccc(S)c1C#N. The number of carbonyl (C=O) groups is 1.